The van der Waals surface area contributed by atoms with E-state index in [1.54, 1.807) is 7.05 Å². The maximum absolute atomic E-state index is 10.2. The summed E-state index contributed by atoms with van der Waals surface area (Å²) < 4.78 is 0. The van der Waals surface area contributed by atoms with Gasteiger partial charge in [-0.2, -0.15) is 4.80 Å². The smallest absolute Gasteiger partial charge is 0.272 e. The molecule has 0 aliphatic heterocycles. The van der Waals surface area contributed by atoms with E-state index in [1.165, 1.54) is 0 Å². The van der Waals surface area contributed by atoms with Gasteiger partial charge in [0.25, 0.3) is 11.1 Å². The van der Waals surface area contributed by atoms with Crippen molar-refractivity contribution in [2.24, 2.45) is 7.05 Å². The first-order valence-corrected chi connectivity index (χ1v) is 2.52. The minimum atomic E-state index is -0.692. The summed E-state index contributed by atoms with van der Waals surface area (Å²) in [4.78, 5) is 11.4. The zero-order valence-electron chi connectivity index (χ0n) is 4.58. The zero-order valence-corrected chi connectivity index (χ0v) is 5.33. The average Bonchev–Trinajstić information content (AvgIpc) is 2.14. The monoisotopic (exact) mass is 146 g/mol. The standard InChI is InChI=1S/C3H3ClN4O/c1-8-6-3(2(4)9)5-7-8/h1H3. The summed E-state index contributed by atoms with van der Waals surface area (Å²) in [5.41, 5.74) is 0. The molecule has 5 nitrogen and oxygen atoms in total. The van der Waals surface area contributed by atoms with Crippen LogP contribution in [0.3, 0.4) is 0 Å². The minimum Gasteiger partial charge on any atom is -0.272 e. The molecule has 0 atom stereocenters. The summed E-state index contributed by atoms with van der Waals surface area (Å²) in [7, 11) is 1.55. The number of carbonyl (C=O) groups excluding carboxylic acids is 1. The second-order valence-electron chi connectivity index (χ2n) is 1.38. The van der Waals surface area contributed by atoms with Crippen LogP contribution >= 0.6 is 11.6 Å². The van der Waals surface area contributed by atoms with Crippen molar-refractivity contribution in [3.63, 3.8) is 0 Å². The van der Waals surface area contributed by atoms with E-state index < -0.39 is 5.24 Å². The molecule has 0 aliphatic carbocycles. The van der Waals surface area contributed by atoms with Crippen molar-refractivity contribution in [1.82, 2.24) is 20.2 Å². The Morgan fingerprint density at radius 3 is 2.67 bits per heavy atom. The lowest BCUT2D eigenvalue weighted by molar-refractivity contribution is 0.107. The Labute approximate surface area is 55.6 Å². The molecule has 0 saturated carbocycles. The highest BCUT2D eigenvalue weighted by Crippen LogP contribution is 1.90. The van der Waals surface area contributed by atoms with Crippen LogP contribution in [0.5, 0.6) is 0 Å². The molecule has 6 heteroatoms. The molecule has 0 aromatic carbocycles. The van der Waals surface area contributed by atoms with Crippen LogP contribution in [-0.2, 0) is 7.05 Å². The van der Waals surface area contributed by atoms with Crippen LogP contribution in [0.25, 0.3) is 0 Å². The molecule has 0 saturated heterocycles. The van der Waals surface area contributed by atoms with Crippen LogP contribution in [0.4, 0.5) is 0 Å². The molecule has 48 valence electrons. The topological polar surface area (TPSA) is 60.7 Å². The maximum Gasteiger partial charge on any atom is 0.293 e. The summed E-state index contributed by atoms with van der Waals surface area (Å²) in [6, 6.07) is 0. The van der Waals surface area contributed by atoms with Crippen LogP contribution in [-0.4, -0.2) is 25.4 Å². The van der Waals surface area contributed by atoms with Crippen LogP contribution in [0.2, 0.25) is 0 Å². The van der Waals surface area contributed by atoms with Crippen molar-refractivity contribution in [3.05, 3.63) is 5.82 Å². The molecule has 1 aromatic heterocycles. The lowest BCUT2D eigenvalue weighted by Crippen LogP contribution is -1.95. The van der Waals surface area contributed by atoms with E-state index in [-0.39, 0.29) is 5.82 Å². The molecule has 1 rings (SSSR count). The fourth-order valence-electron chi connectivity index (χ4n) is 0.363. The highest BCUT2D eigenvalue weighted by Gasteiger charge is 2.06. The van der Waals surface area contributed by atoms with Crippen LogP contribution in [0.15, 0.2) is 0 Å². The van der Waals surface area contributed by atoms with Gasteiger partial charge in [0.1, 0.15) is 0 Å². The summed E-state index contributed by atoms with van der Waals surface area (Å²) in [5.74, 6) is -0.0702. The van der Waals surface area contributed by atoms with E-state index in [0.717, 1.165) is 4.80 Å². The Kier molecular flexibility index (Phi) is 1.44. The Morgan fingerprint density at radius 2 is 2.44 bits per heavy atom. The summed E-state index contributed by atoms with van der Waals surface area (Å²) >= 11 is 5.00. The molecule has 1 aromatic rings. The quantitative estimate of drug-likeness (QED) is 0.506. The third-order valence-electron chi connectivity index (χ3n) is 0.684. The van der Waals surface area contributed by atoms with Crippen molar-refractivity contribution in [1.29, 1.82) is 0 Å². The second-order valence-corrected chi connectivity index (χ2v) is 1.72. The Morgan fingerprint density at radius 1 is 1.78 bits per heavy atom. The van der Waals surface area contributed by atoms with Crippen molar-refractivity contribution < 1.29 is 4.79 Å². The number of halogens is 1. The summed E-state index contributed by atoms with van der Waals surface area (Å²) in [6.45, 7) is 0. The molecule has 0 N–H and O–H groups in total. The van der Waals surface area contributed by atoms with Crippen molar-refractivity contribution >= 4 is 16.8 Å². The lowest BCUT2D eigenvalue weighted by Gasteiger charge is -1.76. The van der Waals surface area contributed by atoms with Crippen molar-refractivity contribution in [2.45, 2.75) is 0 Å². The number of tetrazole rings is 1. The van der Waals surface area contributed by atoms with Gasteiger partial charge >= 0.3 is 0 Å². The normalized spacial score (nSPS) is 9.56. The fourth-order valence-corrected chi connectivity index (χ4v) is 0.438. The first kappa shape index (κ1) is 6.15. The molecule has 0 radical (unpaired) electrons. The molecule has 0 spiro atoms. The molecule has 0 bridgehead atoms. The molecule has 0 fully saturated rings. The lowest BCUT2D eigenvalue weighted by atomic mass is 10.7. The first-order chi connectivity index (χ1) is 4.20. The fraction of sp³-hybridized carbons (Fsp3) is 0.333. The van der Waals surface area contributed by atoms with Gasteiger partial charge in [0, 0.05) is 0 Å². The Bertz CT molecular complexity index is 231. The van der Waals surface area contributed by atoms with E-state index >= 15 is 0 Å². The predicted molar refractivity (Wildman–Crippen MR) is 29.0 cm³/mol. The Hall–Kier alpha value is -0.970. The van der Waals surface area contributed by atoms with Crippen molar-refractivity contribution in [3.8, 4) is 0 Å². The maximum atomic E-state index is 10.2. The SMILES string of the molecule is Cn1nnc(C(=O)Cl)n1. The number of rotatable bonds is 1. The van der Waals surface area contributed by atoms with Crippen molar-refractivity contribution in [2.75, 3.05) is 0 Å². The number of hydrogen-bond acceptors (Lipinski definition) is 4. The number of carbonyl (C=O) groups is 1. The van der Waals surface area contributed by atoms with Gasteiger partial charge in [-0.25, -0.2) is 0 Å². The van der Waals surface area contributed by atoms with Gasteiger partial charge in [0.2, 0.25) is 0 Å². The average molecular weight is 147 g/mol. The predicted octanol–water partition coefficient (Wildman–Crippen LogP) is -0.411. The van der Waals surface area contributed by atoms with E-state index in [9.17, 15) is 4.79 Å². The van der Waals surface area contributed by atoms with Crippen LogP contribution in [0, 0.1) is 0 Å². The van der Waals surface area contributed by atoms with Gasteiger partial charge in [0.05, 0.1) is 7.05 Å². The molecule has 0 amide bonds. The summed E-state index contributed by atoms with van der Waals surface area (Å²) in [5, 5.41) is 9.56. The number of aromatic nitrogens is 4. The number of hydrogen-bond donors (Lipinski definition) is 0. The van der Waals surface area contributed by atoms with E-state index in [4.69, 9.17) is 11.6 Å². The molecule has 9 heavy (non-hydrogen) atoms. The highest BCUT2D eigenvalue weighted by atomic mass is 35.5. The molecule has 0 aliphatic rings. The van der Waals surface area contributed by atoms with Gasteiger partial charge in [-0.05, 0) is 16.8 Å². The van der Waals surface area contributed by atoms with Gasteiger partial charge in [-0.1, -0.05) is 0 Å². The largest absolute Gasteiger partial charge is 0.293 e. The molecule has 1 heterocycles. The molecule has 0 unspecified atom stereocenters. The van der Waals surface area contributed by atoms with E-state index in [2.05, 4.69) is 15.4 Å². The molecular formula is C3H3ClN4O. The summed E-state index contributed by atoms with van der Waals surface area (Å²) in [6.07, 6.45) is 0. The number of aryl methyl sites for hydroxylation is 1. The second kappa shape index (κ2) is 2.10. The van der Waals surface area contributed by atoms with Crippen LogP contribution < -0.4 is 0 Å². The first-order valence-electron chi connectivity index (χ1n) is 2.14. The van der Waals surface area contributed by atoms with Gasteiger partial charge < -0.3 is 0 Å². The van der Waals surface area contributed by atoms with Gasteiger partial charge in [-0.15, -0.1) is 10.2 Å². The number of nitrogens with zero attached hydrogens (tertiary/aromatic N) is 4. The third-order valence-corrected chi connectivity index (χ3v) is 0.853. The minimum absolute atomic E-state index is 0.0702. The third kappa shape index (κ3) is 1.23. The zero-order chi connectivity index (χ0) is 6.85. The van der Waals surface area contributed by atoms with E-state index in [0.29, 0.717) is 0 Å². The molecular weight excluding hydrogens is 144 g/mol. The van der Waals surface area contributed by atoms with Gasteiger partial charge in [0.15, 0.2) is 0 Å². The van der Waals surface area contributed by atoms with E-state index in [1.807, 2.05) is 0 Å². The van der Waals surface area contributed by atoms with Gasteiger partial charge in [-0.3, -0.25) is 4.79 Å². The highest BCUT2D eigenvalue weighted by molar-refractivity contribution is 6.67. The Balaban J connectivity index is 2.98. The van der Waals surface area contributed by atoms with Crippen LogP contribution in [0.1, 0.15) is 10.6 Å².